The number of ether oxygens (including phenoxy) is 3. The van der Waals surface area contributed by atoms with Gasteiger partial charge in [0.1, 0.15) is 42.9 Å². The van der Waals surface area contributed by atoms with Crippen molar-refractivity contribution < 1.29 is 46.1 Å². The largest absolute Gasteiger partial charge is 0.493 e. The molecule has 2 N–H and O–H groups in total. The van der Waals surface area contributed by atoms with Crippen molar-refractivity contribution in [3.8, 4) is 5.75 Å². The van der Waals surface area contributed by atoms with Crippen molar-refractivity contribution in [3.05, 3.63) is 64.9 Å². The maximum Gasteiger partial charge on any atom is 0.329 e. The molecule has 0 amide bonds. The molecule has 2 atom stereocenters. The molecule has 2 aromatic carbocycles. The first-order chi connectivity index (χ1) is 20.8. The van der Waals surface area contributed by atoms with Gasteiger partial charge in [-0.1, -0.05) is 18.2 Å². The Kier molecular flexibility index (Phi) is 10.9. The molecule has 3 aromatic rings. The van der Waals surface area contributed by atoms with E-state index in [1.54, 1.807) is 4.90 Å². The molecule has 0 aliphatic carbocycles. The topological polar surface area (TPSA) is 84.0 Å². The van der Waals surface area contributed by atoms with Crippen molar-refractivity contribution in [3.63, 3.8) is 0 Å². The number of aliphatic carboxylic acids is 1. The number of carbonyl (C=O) groups is 1. The van der Waals surface area contributed by atoms with E-state index in [-0.39, 0.29) is 37.1 Å². The number of aromatic amines is 1. The molecule has 0 bridgehead atoms. The Hall–Kier alpha value is -3.22. The van der Waals surface area contributed by atoms with E-state index in [9.17, 15) is 18.0 Å². The highest BCUT2D eigenvalue weighted by Gasteiger charge is 2.41. The molecule has 1 aromatic heterocycles. The van der Waals surface area contributed by atoms with Crippen LogP contribution in [0.5, 0.6) is 5.75 Å². The summed E-state index contributed by atoms with van der Waals surface area (Å²) in [6, 6.07) is 8.88. The average molecular weight is 627 g/mol. The maximum atomic E-state index is 15.7. The number of carboxylic acids is 1. The Labute approximate surface area is 253 Å². The van der Waals surface area contributed by atoms with E-state index in [0.717, 1.165) is 28.6 Å². The lowest BCUT2D eigenvalue weighted by Gasteiger charge is -2.43. The molecule has 12 heteroatoms. The summed E-state index contributed by atoms with van der Waals surface area (Å²) in [5.74, 6) is -6.22. The smallest absolute Gasteiger partial charge is 0.329 e. The highest BCUT2D eigenvalue weighted by molar-refractivity contribution is 5.85. The van der Waals surface area contributed by atoms with Crippen LogP contribution in [-0.4, -0.2) is 78.2 Å². The lowest BCUT2D eigenvalue weighted by molar-refractivity contribution is -0.152. The van der Waals surface area contributed by atoms with Crippen LogP contribution in [0.4, 0.5) is 22.0 Å². The Morgan fingerprint density at radius 3 is 2.36 bits per heavy atom. The molecule has 0 saturated carbocycles. The van der Waals surface area contributed by atoms with Crippen LogP contribution in [0.2, 0.25) is 0 Å². The summed E-state index contributed by atoms with van der Waals surface area (Å²) in [5, 5.41) is 9.41. The normalized spacial score (nSPS) is 17.6. The van der Waals surface area contributed by atoms with Gasteiger partial charge in [0, 0.05) is 53.5 Å². The number of unbranched alkanes of at least 4 members (excludes halogenated alkanes) is 2. The van der Waals surface area contributed by atoms with Gasteiger partial charge in [0.15, 0.2) is 0 Å². The van der Waals surface area contributed by atoms with Crippen LogP contribution >= 0.6 is 0 Å². The zero-order valence-electron chi connectivity index (χ0n) is 25.1. The predicted molar refractivity (Wildman–Crippen MR) is 155 cm³/mol. The third kappa shape index (κ3) is 8.70. The SMILES string of the molecule is C[C@@H]1Cc2c([nH]c3ccccc23)[C@@H](c2c(F)cc(OCCCCCOCC(F)(F)COCC(=O)O)cc2F)N1CC(C)(C)F. The average Bonchev–Trinajstić information content (AvgIpc) is 3.28. The number of benzene rings is 2. The summed E-state index contributed by atoms with van der Waals surface area (Å²) in [7, 11) is 0. The van der Waals surface area contributed by atoms with Crippen LogP contribution in [0.3, 0.4) is 0 Å². The summed E-state index contributed by atoms with van der Waals surface area (Å²) in [6.45, 7) is 2.25. The van der Waals surface area contributed by atoms with Crippen molar-refractivity contribution in [1.29, 1.82) is 0 Å². The number of halogens is 5. The summed E-state index contributed by atoms with van der Waals surface area (Å²) in [5.41, 5.74) is 0.676. The van der Waals surface area contributed by atoms with E-state index in [0.29, 0.717) is 31.4 Å². The van der Waals surface area contributed by atoms with Gasteiger partial charge in [-0.25, -0.2) is 26.7 Å². The fraction of sp³-hybridized carbons (Fsp3) is 0.531. The second-order valence-corrected chi connectivity index (χ2v) is 11.9. The van der Waals surface area contributed by atoms with Crippen LogP contribution in [-0.2, 0) is 20.7 Å². The Morgan fingerprint density at radius 2 is 1.68 bits per heavy atom. The van der Waals surface area contributed by atoms with Crippen molar-refractivity contribution >= 4 is 16.9 Å². The second-order valence-electron chi connectivity index (χ2n) is 11.9. The molecule has 44 heavy (non-hydrogen) atoms. The zero-order valence-corrected chi connectivity index (χ0v) is 25.1. The quantitative estimate of drug-likeness (QED) is 0.134. The first-order valence-electron chi connectivity index (χ1n) is 14.7. The van der Waals surface area contributed by atoms with E-state index in [1.165, 1.54) is 13.8 Å². The van der Waals surface area contributed by atoms with E-state index in [4.69, 9.17) is 14.6 Å². The Morgan fingerprint density at radius 1 is 1.02 bits per heavy atom. The minimum absolute atomic E-state index is 0.0131. The minimum Gasteiger partial charge on any atom is -0.493 e. The molecule has 1 aliphatic heterocycles. The molecule has 7 nitrogen and oxygen atoms in total. The molecule has 4 rings (SSSR count). The third-order valence-electron chi connectivity index (χ3n) is 7.46. The molecule has 0 fully saturated rings. The highest BCUT2D eigenvalue weighted by Crippen LogP contribution is 2.43. The van der Waals surface area contributed by atoms with Crippen molar-refractivity contribution in [1.82, 2.24) is 9.88 Å². The van der Waals surface area contributed by atoms with Crippen LogP contribution in [0.25, 0.3) is 10.9 Å². The number of carboxylic acid groups (broad SMARTS) is 1. The lowest BCUT2D eigenvalue weighted by atomic mass is 9.87. The number of para-hydroxylation sites is 1. The van der Waals surface area contributed by atoms with Gasteiger partial charge in [-0.15, -0.1) is 0 Å². The molecule has 0 radical (unpaired) electrons. The number of rotatable bonds is 16. The van der Waals surface area contributed by atoms with Crippen LogP contribution in [0.15, 0.2) is 36.4 Å². The third-order valence-corrected chi connectivity index (χ3v) is 7.46. The number of aromatic nitrogens is 1. The number of fused-ring (bicyclic) bond motifs is 3. The van der Waals surface area contributed by atoms with Gasteiger partial charge < -0.3 is 24.3 Å². The number of nitrogens with zero attached hydrogens (tertiary/aromatic N) is 1. The molecule has 0 spiro atoms. The van der Waals surface area contributed by atoms with Crippen LogP contribution < -0.4 is 4.74 Å². The first kappa shape index (κ1) is 33.7. The van der Waals surface area contributed by atoms with E-state index < -0.39 is 55.1 Å². The molecule has 2 heterocycles. The van der Waals surface area contributed by atoms with Gasteiger partial charge >= 0.3 is 5.97 Å². The highest BCUT2D eigenvalue weighted by atomic mass is 19.3. The number of H-pyrrole nitrogens is 1. The minimum atomic E-state index is -3.30. The van der Waals surface area contributed by atoms with Gasteiger partial charge in [0.2, 0.25) is 0 Å². The monoisotopic (exact) mass is 626 g/mol. The molecule has 0 unspecified atom stereocenters. The molecular weight excluding hydrogens is 587 g/mol. The molecule has 242 valence electrons. The molecular formula is C32H39F5N2O5. The van der Waals surface area contributed by atoms with Crippen molar-refractivity contribution in [2.75, 3.05) is 39.6 Å². The van der Waals surface area contributed by atoms with Gasteiger partial charge in [-0.3, -0.25) is 4.90 Å². The van der Waals surface area contributed by atoms with E-state index in [2.05, 4.69) is 9.72 Å². The van der Waals surface area contributed by atoms with Crippen LogP contribution in [0.1, 0.15) is 62.9 Å². The van der Waals surface area contributed by atoms with Crippen molar-refractivity contribution in [2.24, 2.45) is 0 Å². The van der Waals surface area contributed by atoms with Gasteiger partial charge in [0.05, 0.1) is 12.6 Å². The lowest BCUT2D eigenvalue weighted by Crippen LogP contribution is -2.48. The number of nitrogens with one attached hydrogen (secondary N) is 1. The summed E-state index contributed by atoms with van der Waals surface area (Å²) >= 11 is 0. The van der Waals surface area contributed by atoms with Gasteiger partial charge in [0.25, 0.3) is 5.92 Å². The van der Waals surface area contributed by atoms with Gasteiger partial charge in [-0.05, 0) is 58.1 Å². The maximum absolute atomic E-state index is 15.7. The van der Waals surface area contributed by atoms with Crippen LogP contribution in [0, 0.1) is 11.6 Å². The predicted octanol–water partition coefficient (Wildman–Crippen LogP) is 6.83. The fourth-order valence-electron chi connectivity index (χ4n) is 5.63. The van der Waals surface area contributed by atoms with Crippen molar-refractivity contribution in [2.45, 2.75) is 70.1 Å². The number of hydrogen-bond acceptors (Lipinski definition) is 5. The Bertz CT molecular complexity index is 1400. The number of alkyl halides is 3. The Balaban J connectivity index is 1.37. The van der Waals surface area contributed by atoms with E-state index in [1.807, 2.05) is 31.2 Å². The summed E-state index contributed by atoms with van der Waals surface area (Å²) in [4.78, 5) is 15.5. The number of hydrogen-bond donors (Lipinski definition) is 2. The fourth-order valence-corrected chi connectivity index (χ4v) is 5.63. The van der Waals surface area contributed by atoms with E-state index >= 15 is 8.78 Å². The second kappa shape index (κ2) is 14.3. The molecule has 1 aliphatic rings. The summed E-state index contributed by atoms with van der Waals surface area (Å²) in [6.07, 6.45) is 2.10. The molecule has 0 saturated heterocycles. The standard InChI is InChI=1S/C32H39F5N2O5/c1-20-13-23-22-9-5-6-10-26(22)38-29(23)30(39(20)17-31(2,3)35)28-24(33)14-21(15-25(28)34)44-12-8-4-7-11-42-18-32(36,37)19-43-16-27(40)41/h5-6,9-10,14-15,20,30,38H,4,7-8,11-13,16-19H2,1-3H3,(H,40,41)/t20-,30-/m1/s1. The van der Waals surface area contributed by atoms with Gasteiger partial charge in [-0.2, -0.15) is 0 Å². The summed E-state index contributed by atoms with van der Waals surface area (Å²) < 4.78 is 88.6. The zero-order chi connectivity index (χ0) is 32.1. The first-order valence-corrected chi connectivity index (χ1v) is 14.7.